The summed E-state index contributed by atoms with van der Waals surface area (Å²) in [6.07, 6.45) is 1.92. The van der Waals surface area contributed by atoms with E-state index in [1.165, 1.54) is 19.2 Å². The van der Waals surface area contributed by atoms with E-state index in [-0.39, 0.29) is 43.9 Å². The number of carboxylic acids is 1. The summed E-state index contributed by atoms with van der Waals surface area (Å²) in [5.74, 6) is -6.08. The van der Waals surface area contributed by atoms with Crippen LogP contribution in [0.5, 0.6) is 5.75 Å². The molecular weight excluding hydrogens is 511 g/mol. The molecule has 11 heteroatoms. The monoisotopic (exact) mass is 534 g/mol. The lowest BCUT2D eigenvalue weighted by atomic mass is 9.56. The van der Waals surface area contributed by atoms with Crippen LogP contribution in [0.25, 0.3) is 0 Å². The molecule has 2 saturated heterocycles. The number of carboxylic acid groups (broad SMARTS) is 1. The Balaban J connectivity index is 1.60. The molecule has 6 atom stereocenters. The van der Waals surface area contributed by atoms with Crippen molar-refractivity contribution in [3.8, 4) is 5.75 Å². The van der Waals surface area contributed by atoms with E-state index in [0.29, 0.717) is 11.1 Å². The average Bonchev–Trinajstić information content (AvgIpc) is 3.15. The molecule has 0 aromatic heterocycles. The van der Waals surface area contributed by atoms with Gasteiger partial charge in [-0.1, -0.05) is 23.8 Å². The molecule has 1 aromatic carbocycles. The number of hydrogen-bond donors (Lipinski definition) is 2. The Morgan fingerprint density at radius 1 is 1.06 bits per heavy atom. The minimum Gasteiger partial charge on any atom is -0.508 e. The maximum atomic E-state index is 13.5. The van der Waals surface area contributed by atoms with Crippen LogP contribution in [0.15, 0.2) is 35.9 Å². The molecule has 1 saturated carbocycles. The number of likely N-dealkylation sites (tertiary alicyclic amines) is 2. The molecule has 0 spiro atoms. The fourth-order valence-corrected chi connectivity index (χ4v) is 7.48. The largest absolute Gasteiger partial charge is 0.508 e. The average molecular weight is 535 g/mol. The van der Waals surface area contributed by atoms with Crippen LogP contribution in [0.4, 0.5) is 0 Å². The van der Waals surface area contributed by atoms with Crippen LogP contribution in [0.3, 0.4) is 0 Å². The summed E-state index contributed by atoms with van der Waals surface area (Å²) in [7, 11) is 1.32. The molecule has 2 aliphatic carbocycles. The molecule has 2 aliphatic heterocycles. The van der Waals surface area contributed by atoms with Gasteiger partial charge in [0.05, 0.1) is 11.8 Å². The second-order valence-electron chi connectivity index (χ2n) is 9.91. The first-order chi connectivity index (χ1) is 16.9. The van der Waals surface area contributed by atoms with Crippen molar-refractivity contribution >= 4 is 52.8 Å². The fraction of sp³-hybridized carbons (Fsp3) is 0.480. The molecule has 0 unspecified atom stereocenters. The standard InChI is InChI=1S/C25H24Cl2N2O7/c1-28-22(35)24(26)11-16-14(19(25(24,27)23(28)36)12-4-6-13(30)7-5-12)8-9-15-18(16)21(34)29(20(15)33)10-2-3-17(31)32/h4-8,15-16,18-19,30H,2-3,9-11H2,1H3,(H,31,32)/t15-,16+,18-,19-,24+,25-/m0/s1. The molecule has 0 radical (unpaired) electrons. The quantitative estimate of drug-likeness (QED) is 0.336. The van der Waals surface area contributed by atoms with Crippen LogP contribution in [0.1, 0.15) is 37.2 Å². The van der Waals surface area contributed by atoms with Crippen molar-refractivity contribution in [3.63, 3.8) is 0 Å². The molecule has 36 heavy (non-hydrogen) atoms. The smallest absolute Gasteiger partial charge is 0.303 e. The normalized spacial score (nSPS) is 35.5. The zero-order chi connectivity index (χ0) is 26.2. The number of phenols is 1. The third-order valence-electron chi connectivity index (χ3n) is 8.10. The van der Waals surface area contributed by atoms with Gasteiger partial charge in [-0.05, 0) is 42.9 Å². The predicted molar refractivity (Wildman–Crippen MR) is 127 cm³/mol. The summed E-state index contributed by atoms with van der Waals surface area (Å²) in [5, 5.41) is 18.8. The number of benzene rings is 1. The topological polar surface area (TPSA) is 132 Å². The van der Waals surface area contributed by atoms with Gasteiger partial charge in [0, 0.05) is 25.9 Å². The lowest BCUT2D eigenvalue weighted by Crippen LogP contribution is -2.60. The minimum absolute atomic E-state index is 0.00377. The van der Waals surface area contributed by atoms with Crippen molar-refractivity contribution in [2.45, 2.75) is 41.3 Å². The maximum Gasteiger partial charge on any atom is 0.303 e. The highest BCUT2D eigenvalue weighted by Gasteiger charge is 2.75. The second-order valence-corrected chi connectivity index (χ2v) is 11.2. The van der Waals surface area contributed by atoms with E-state index in [0.717, 1.165) is 9.80 Å². The van der Waals surface area contributed by atoms with Gasteiger partial charge in [-0.15, -0.1) is 23.2 Å². The van der Waals surface area contributed by atoms with Gasteiger partial charge in [-0.2, -0.15) is 0 Å². The predicted octanol–water partition coefficient (Wildman–Crippen LogP) is 2.25. The molecule has 2 N–H and O–H groups in total. The molecule has 9 nitrogen and oxygen atoms in total. The van der Waals surface area contributed by atoms with Gasteiger partial charge < -0.3 is 10.2 Å². The number of aliphatic carboxylic acids is 1. The van der Waals surface area contributed by atoms with Crippen LogP contribution in [-0.2, 0) is 24.0 Å². The van der Waals surface area contributed by atoms with E-state index in [2.05, 4.69) is 0 Å². The highest BCUT2D eigenvalue weighted by Crippen LogP contribution is 2.65. The van der Waals surface area contributed by atoms with Crippen LogP contribution in [-0.4, -0.2) is 73.0 Å². The molecule has 2 heterocycles. The Bertz CT molecular complexity index is 1230. The summed E-state index contributed by atoms with van der Waals surface area (Å²) in [5.41, 5.74) is 1.21. The van der Waals surface area contributed by atoms with Gasteiger partial charge in [0.25, 0.3) is 11.8 Å². The van der Waals surface area contributed by atoms with Gasteiger partial charge in [0.1, 0.15) is 5.75 Å². The highest BCUT2D eigenvalue weighted by atomic mass is 35.5. The van der Waals surface area contributed by atoms with E-state index in [4.69, 9.17) is 28.3 Å². The Labute approximate surface area is 216 Å². The molecular formula is C25H24Cl2N2O7. The zero-order valence-corrected chi connectivity index (χ0v) is 20.8. The van der Waals surface area contributed by atoms with Crippen LogP contribution in [0, 0.1) is 17.8 Å². The van der Waals surface area contributed by atoms with Gasteiger partial charge in [0.15, 0.2) is 9.75 Å². The number of amides is 4. The van der Waals surface area contributed by atoms with Gasteiger partial charge in [-0.3, -0.25) is 33.8 Å². The summed E-state index contributed by atoms with van der Waals surface area (Å²) < 4.78 is 0. The van der Waals surface area contributed by atoms with Crippen molar-refractivity contribution in [1.82, 2.24) is 9.80 Å². The summed E-state index contributed by atoms with van der Waals surface area (Å²) in [4.78, 5) is 62.6. The van der Waals surface area contributed by atoms with Crippen LogP contribution in [0.2, 0.25) is 0 Å². The lowest BCUT2D eigenvalue weighted by Gasteiger charge is -2.50. The number of hydrogen-bond acceptors (Lipinski definition) is 6. The van der Waals surface area contributed by atoms with Crippen molar-refractivity contribution in [3.05, 3.63) is 41.5 Å². The molecule has 4 amide bonds. The van der Waals surface area contributed by atoms with Gasteiger partial charge >= 0.3 is 5.97 Å². The highest BCUT2D eigenvalue weighted by molar-refractivity contribution is 6.53. The van der Waals surface area contributed by atoms with E-state index in [1.54, 1.807) is 12.1 Å². The number of carbonyl (C=O) groups is 5. The van der Waals surface area contributed by atoms with Crippen LogP contribution >= 0.6 is 23.2 Å². The van der Waals surface area contributed by atoms with Crippen molar-refractivity contribution in [2.75, 3.05) is 13.6 Å². The second kappa shape index (κ2) is 8.31. The Morgan fingerprint density at radius 3 is 2.36 bits per heavy atom. The van der Waals surface area contributed by atoms with Gasteiger partial charge in [0.2, 0.25) is 11.8 Å². The number of nitrogens with zero attached hydrogens (tertiary/aromatic N) is 2. The summed E-state index contributed by atoms with van der Waals surface area (Å²) >= 11 is 14.1. The third kappa shape index (κ3) is 3.18. The molecule has 190 valence electrons. The van der Waals surface area contributed by atoms with E-state index in [1.807, 2.05) is 6.08 Å². The molecule has 0 bridgehead atoms. The minimum atomic E-state index is -1.86. The first kappa shape index (κ1) is 24.8. The summed E-state index contributed by atoms with van der Waals surface area (Å²) in [6.45, 7) is -0.00791. The zero-order valence-electron chi connectivity index (χ0n) is 19.3. The molecule has 1 aromatic rings. The number of aromatic hydroxyl groups is 1. The number of alkyl halides is 2. The number of carbonyl (C=O) groups excluding carboxylic acids is 4. The Hall–Kier alpha value is -2.91. The number of phenolic OH excluding ortho intramolecular Hbond substituents is 1. The number of allylic oxidation sites excluding steroid dienone is 2. The maximum absolute atomic E-state index is 13.5. The van der Waals surface area contributed by atoms with Crippen molar-refractivity contribution < 1.29 is 34.2 Å². The first-order valence-electron chi connectivity index (χ1n) is 11.7. The number of imide groups is 2. The molecule has 4 aliphatic rings. The number of rotatable bonds is 5. The Kier molecular flexibility index (Phi) is 5.72. The van der Waals surface area contributed by atoms with E-state index < -0.39 is 57.1 Å². The lowest BCUT2D eigenvalue weighted by molar-refractivity contribution is -0.142. The first-order valence-corrected chi connectivity index (χ1v) is 12.5. The SMILES string of the molecule is CN1C(=O)[C@]2(Cl)C[C@@H]3C(=CC[C@@H]4C(=O)N(CCCC(=O)O)C(=O)[C@@H]43)[C@H](c3ccc(O)cc3)[C@]2(Cl)C1=O. The van der Waals surface area contributed by atoms with E-state index >= 15 is 0 Å². The number of fused-ring (bicyclic) bond motifs is 4. The van der Waals surface area contributed by atoms with Crippen LogP contribution < -0.4 is 0 Å². The Morgan fingerprint density at radius 2 is 1.72 bits per heavy atom. The molecule has 5 rings (SSSR count). The fourth-order valence-electron chi connectivity index (χ4n) is 6.46. The van der Waals surface area contributed by atoms with Crippen molar-refractivity contribution in [1.29, 1.82) is 0 Å². The third-order valence-corrected chi connectivity index (χ3v) is 9.52. The molecule has 3 fully saturated rings. The summed E-state index contributed by atoms with van der Waals surface area (Å²) in [6, 6.07) is 6.10. The van der Waals surface area contributed by atoms with Gasteiger partial charge in [-0.25, -0.2) is 0 Å². The van der Waals surface area contributed by atoms with E-state index in [9.17, 15) is 29.1 Å². The number of halogens is 2. The van der Waals surface area contributed by atoms with Crippen molar-refractivity contribution in [2.24, 2.45) is 17.8 Å².